The van der Waals surface area contributed by atoms with Crippen LogP contribution in [0.1, 0.15) is 31.2 Å². The Kier molecular flexibility index (Phi) is 5.39. The second kappa shape index (κ2) is 7.27. The van der Waals surface area contributed by atoms with Gasteiger partial charge in [0, 0.05) is 17.1 Å². The Balaban J connectivity index is 2.10. The van der Waals surface area contributed by atoms with Crippen LogP contribution in [0.3, 0.4) is 0 Å². The highest BCUT2D eigenvalue weighted by Gasteiger charge is 2.26. The zero-order valence-corrected chi connectivity index (χ0v) is 12.6. The monoisotopic (exact) mass is 306 g/mol. The van der Waals surface area contributed by atoms with Gasteiger partial charge in [0.25, 0.3) is 0 Å². The molecule has 1 saturated carbocycles. The molecular formula is C16H19ClN2O2. The summed E-state index contributed by atoms with van der Waals surface area (Å²) in [6.45, 7) is -0.0314. The number of amides is 2. The standard InChI is InChI=1S/C16H19ClN2O2/c17-14-8-4-1-5-12(14)9-10-16(21)19(11-15(18)20)13-6-2-3-7-13/h1,4-5,8-10,13H,2-3,6-7,11H2,(H2,18,20). The number of nitrogens with two attached hydrogens (primary N) is 1. The smallest absolute Gasteiger partial charge is 0.247 e. The molecule has 2 rings (SSSR count). The van der Waals surface area contributed by atoms with Gasteiger partial charge in [-0.2, -0.15) is 0 Å². The fourth-order valence-corrected chi connectivity index (χ4v) is 2.84. The largest absolute Gasteiger partial charge is 0.368 e. The van der Waals surface area contributed by atoms with Gasteiger partial charge in [-0.15, -0.1) is 0 Å². The number of benzene rings is 1. The average Bonchev–Trinajstić information content (AvgIpc) is 2.97. The Morgan fingerprint density at radius 3 is 2.57 bits per heavy atom. The van der Waals surface area contributed by atoms with Crippen molar-refractivity contribution in [3.63, 3.8) is 0 Å². The predicted molar refractivity (Wildman–Crippen MR) is 83.6 cm³/mol. The maximum Gasteiger partial charge on any atom is 0.247 e. The minimum atomic E-state index is -0.485. The first kappa shape index (κ1) is 15.6. The van der Waals surface area contributed by atoms with E-state index >= 15 is 0 Å². The molecule has 112 valence electrons. The molecule has 1 aliphatic rings. The van der Waals surface area contributed by atoms with Crippen molar-refractivity contribution in [3.05, 3.63) is 40.9 Å². The van der Waals surface area contributed by atoms with E-state index in [1.165, 1.54) is 6.08 Å². The molecule has 0 aromatic heterocycles. The highest BCUT2D eigenvalue weighted by molar-refractivity contribution is 6.32. The molecule has 0 radical (unpaired) electrons. The first-order chi connectivity index (χ1) is 10.1. The highest BCUT2D eigenvalue weighted by atomic mass is 35.5. The third-order valence-corrected chi connectivity index (χ3v) is 4.03. The average molecular weight is 307 g/mol. The topological polar surface area (TPSA) is 63.4 Å². The summed E-state index contributed by atoms with van der Waals surface area (Å²) in [5, 5.41) is 0.587. The molecule has 0 spiro atoms. The highest BCUT2D eigenvalue weighted by Crippen LogP contribution is 2.24. The molecule has 1 fully saturated rings. The van der Waals surface area contributed by atoms with E-state index in [0.29, 0.717) is 5.02 Å². The summed E-state index contributed by atoms with van der Waals surface area (Å²) < 4.78 is 0. The zero-order chi connectivity index (χ0) is 15.2. The lowest BCUT2D eigenvalue weighted by Gasteiger charge is -2.26. The van der Waals surface area contributed by atoms with Crippen molar-refractivity contribution in [1.29, 1.82) is 0 Å². The van der Waals surface area contributed by atoms with Gasteiger partial charge in [0.1, 0.15) is 0 Å². The van der Waals surface area contributed by atoms with Gasteiger partial charge >= 0.3 is 0 Å². The maximum absolute atomic E-state index is 12.3. The van der Waals surface area contributed by atoms with Crippen LogP contribution in [-0.2, 0) is 9.59 Å². The van der Waals surface area contributed by atoms with Crippen LogP contribution in [-0.4, -0.2) is 29.3 Å². The molecule has 1 aliphatic carbocycles. The quantitative estimate of drug-likeness (QED) is 0.850. The first-order valence-corrected chi connectivity index (χ1v) is 7.47. The first-order valence-electron chi connectivity index (χ1n) is 7.09. The molecule has 5 heteroatoms. The lowest BCUT2D eigenvalue weighted by molar-refractivity contribution is -0.133. The summed E-state index contributed by atoms with van der Waals surface area (Å²) in [6, 6.07) is 7.40. The Hall–Kier alpha value is -1.81. The summed E-state index contributed by atoms with van der Waals surface area (Å²) in [4.78, 5) is 25.1. The molecule has 2 amide bonds. The number of halogens is 1. The second-order valence-corrected chi connectivity index (χ2v) is 5.63. The summed E-state index contributed by atoms with van der Waals surface area (Å²) in [6.07, 6.45) is 7.16. The fourth-order valence-electron chi connectivity index (χ4n) is 2.64. The molecule has 0 aliphatic heterocycles. The normalized spacial score (nSPS) is 15.5. The number of carbonyl (C=O) groups excluding carboxylic acids is 2. The Bertz CT molecular complexity index is 551. The molecular weight excluding hydrogens is 288 g/mol. The third-order valence-electron chi connectivity index (χ3n) is 3.69. The van der Waals surface area contributed by atoms with Gasteiger partial charge in [-0.1, -0.05) is 42.6 Å². The third kappa shape index (κ3) is 4.33. The van der Waals surface area contributed by atoms with Gasteiger partial charge in [-0.25, -0.2) is 0 Å². The van der Waals surface area contributed by atoms with E-state index in [9.17, 15) is 9.59 Å². The molecule has 0 saturated heterocycles. The van der Waals surface area contributed by atoms with Crippen LogP contribution >= 0.6 is 11.6 Å². The van der Waals surface area contributed by atoms with E-state index in [1.54, 1.807) is 17.0 Å². The van der Waals surface area contributed by atoms with Crippen LogP contribution in [0, 0.1) is 0 Å². The number of carbonyl (C=O) groups is 2. The van der Waals surface area contributed by atoms with E-state index in [4.69, 9.17) is 17.3 Å². The maximum atomic E-state index is 12.3. The van der Waals surface area contributed by atoms with Crippen molar-refractivity contribution < 1.29 is 9.59 Å². The molecule has 0 heterocycles. The molecule has 2 N–H and O–H groups in total. The second-order valence-electron chi connectivity index (χ2n) is 5.23. The van der Waals surface area contributed by atoms with Crippen LogP contribution in [0.4, 0.5) is 0 Å². The van der Waals surface area contributed by atoms with E-state index in [-0.39, 0.29) is 18.5 Å². The van der Waals surface area contributed by atoms with Crippen LogP contribution in [0.5, 0.6) is 0 Å². The van der Waals surface area contributed by atoms with Gasteiger partial charge in [0.15, 0.2) is 0 Å². The van der Waals surface area contributed by atoms with Gasteiger partial charge in [-0.3, -0.25) is 9.59 Å². The Morgan fingerprint density at radius 1 is 1.29 bits per heavy atom. The van der Waals surface area contributed by atoms with Gasteiger partial charge in [-0.05, 0) is 30.5 Å². The van der Waals surface area contributed by atoms with Crippen molar-refractivity contribution >= 4 is 29.5 Å². The van der Waals surface area contributed by atoms with E-state index in [0.717, 1.165) is 31.2 Å². The van der Waals surface area contributed by atoms with Crippen LogP contribution in [0.15, 0.2) is 30.3 Å². The van der Waals surface area contributed by atoms with Gasteiger partial charge < -0.3 is 10.6 Å². The number of nitrogens with zero attached hydrogens (tertiary/aromatic N) is 1. The minimum Gasteiger partial charge on any atom is -0.368 e. The SMILES string of the molecule is NC(=O)CN(C(=O)C=Cc1ccccc1Cl)C1CCCC1. The Morgan fingerprint density at radius 2 is 1.95 bits per heavy atom. The van der Waals surface area contributed by atoms with E-state index in [1.807, 2.05) is 18.2 Å². The molecule has 0 atom stereocenters. The summed E-state index contributed by atoms with van der Waals surface area (Å²) in [7, 11) is 0. The van der Waals surface area contributed by atoms with E-state index in [2.05, 4.69) is 0 Å². The fraction of sp³-hybridized carbons (Fsp3) is 0.375. The molecule has 0 unspecified atom stereocenters. The van der Waals surface area contributed by atoms with E-state index < -0.39 is 5.91 Å². The number of rotatable bonds is 5. The lowest BCUT2D eigenvalue weighted by Crippen LogP contribution is -2.43. The molecule has 1 aromatic rings. The molecule has 0 bridgehead atoms. The van der Waals surface area contributed by atoms with Crippen LogP contribution < -0.4 is 5.73 Å². The summed E-state index contributed by atoms with van der Waals surface area (Å²) >= 11 is 6.05. The molecule has 1 aromatic carbocycles. The van der Waals surface area contributed by atoms with Crippen molar-refractivity contribution in [1.82, 2.24) is 4.90 Å². The molecule has 21 heavy (non-hydrogen) atoms. The molecule has 4 nitrogen and oxygen atoms in total. The van der Waals surface area contributed by atoms with Crippen molar-refractivity contribution in [3.8, 4) is 0 Å². The van der Waals surface area contributed by atoms with Gasteiger partial charge in [0.05, 0.1) is 6.54 Å². The van der Waals surface area contributed by atoms with Crippen molar-refractivity contribution in [2.45, 2.75) is 31.7 Å². The number of hydrogen-bond acceptors (Lipinski definition) is 2. The summed E-state index contributed by atoms with van der Waals surface area (Å²) in [5.41, 5.74) is 6.03. The van der Waals surface area contributed by atoms with Gasteiger partial charge in [0.2, 0.25) is 11.8 Å². The van der Waals surface area contributed by atoms with Crippen LogP contribution in [0.25, 0.3) is 6.08 Å². The lowest BCUT2D eigenvalue weighted by atomic mass is 10.1. The van der Waals surface area contributed by atoms with Crippen molar-refractivity contribution in [2.75, 3.05) is 6.54 Å². The summed E-state index contributed by atoms with van der Waals surface area (Å²) in [5.74, 6) is -0.679. The number of primary amides is 1. The minimum absolute atomic E-state index is 0.0314. The Labute approximate surface area is 129 Å². The number of hydrogen-bond donors (Lipinski definition) is 1. The van der Waals surface area contributed by atoms with Crippen LogP contribution in [0.2, 0.25) is 5.02 Å². The predicted octanol–water partition coefficient (Wildman–Crippen LogP) is 2.61. The zero-order valence-electron chi connectivity index (χ0n) is 11.8. The van der Waals surface area contributed by atoms with Crippen molar-refractivity contribution in [2.24, 2.45) is 5.73 Å².